The molecule has 0 spiro atoms. The Hall–Kier alpha value is -0.524. The topological polar surface area (TPSA) is 81.0 Å². The van der Waals surface area contributed by atoms with Crippen molar-refractivity contribution >= 4 is 10.1 Å². The third-order valence-corrected chi connectivity index (χ3v) is 3.38. The van der Waals surface area contributed by atoms with Crippen LogP contribution in [0, 0.1) is 32.6 Å². The predicted octanol–water partition coefficient (Wildman–Crippen LogP) is 1.23. The van der Waals surface area contributed by atoms with Crippen LogP contribution in [0.1, 0.15) is 25.5 Å². The van der Waals surface area contributed by atoms with Crippen molar-refractivity contribution in [3.8, 4) is 6.57 Å². The zero-order valence-electron chi connectivity index (χ0n) is 13.3. The largest absolute Gasteiger partial charge is 1.00 e. The maximum absolute atomic E-state index is 10.4. The van der Waals surface area contributed by atoms with Gasteiger partial charge >= 0.3 is 51.4 Å². The van der Waals surface area contributed by atoms with Crippen LogP contribution < -0.4 is 51.4 Å². The van der Waals surface area contributed by atoms with E-state index in [1.54, 1.807) is 12.1 Å². The van der Waals surface area contributed by atoms with Gasteiger partial charge in [0.25, 0.3) is 0 Å². The van der Waals surface area contributed by atoms with Crippen LogP contribution in [0.5, 0.6) is 0 Å². The zero-order chi connectivity index (χ0) is 16.5. The molecular weight excluding hydrogens is 337 g/mol. The molecule has 23 heavy (non-hydrogen) atoms. The van der Waals surface area contributed by atoms with Gasteiger partial charge in [-0.05, 0) is 32.9 Å². The standard InChI is InChI=1S/C8H10.C7H8O3S.CHN.CH4.K.H2/c1-7-3-5-8(2)6-4-7;1-6-2-4-7(5-3-6)11(8,9)10;1-2;;;/h3-6H,1-2H3;2-5H,1H3,(H,8,9,10);1H;1H4;;1H/q;;;;+1;/p-1. The van der Waals surface area contributed by atoms with E-state index < -0.39 is 10.1 Å². The van der Waals surface area contributed by atoms with Gasteiger partial charge in [-0.2, -0.15) is 0 Å². The van der Waals surface area contributed by atoms with E-state index in [4.69, 9.17) is 5.26 Å². The summed E-state index contributed by atoms with van der Waals surface area (Å²) in [5.41, 5.74) is 3.59. The molecule has 0 bridgehead atoms. The second kappa shape index (κ2) is 13.9. The number of rotatable bonds is 1. The van der Waals surface area contributed by atoms with E-state index in [1.165, 1.54) is 23.3 Å². The summed E-state index contributed by atoms with van der Waals surface area (Å²) in [6.07, 6.45) is 0. The van der Waals surface area contributed by atoms with E-state index in [0.717, 1.165) is 5.56 Å². The van der Waals surface area contributed by atoms with E-state index in [0.29, 0.717) is 0 Å². The van der Waals surface area contributed by atoms with Crippen LogP contribution in [0.3, 0.4) is 0 Å². The van der Waals surface area contributed by atoms with Gasteiger partial charge in [0.2, 0.25) is 0 Å². The summed E-state index contributed by atoms with van der Waals surface area (Å²) in [7, 11) is -4.27. The molecule has 0 aliphatic heterocycles. The number of hydrogen-bond donors (Lipinski definition) is 0. The van der Waals surface area contributed by atoms with Gasteiger partial charge in [-0.3, -0.25) is 0 Å². The first-order valence-corrected chi connectivity index (χ1v) is 7.51. The van der Waals surface area contributed by atoms with E-state index in [2.05, 4.69) is 44.7 Å². The van der Waals surface area contributed by atoms with Crippen LogP contribution >= 0.6 is 0 Å². The molecule has 122 valence electrons. The molecule has 0 heterocycles. The van der Waals surface area contributed by atoms with Crippen molar-refractivity contribution in [3.05, 3.63) is 65.2 Å². The second-order valence-electron chi connectivity index (χ2n) is 4.42. The summed E-state index contributed by atoms with van der Waals surface area (Å²) in [5, 5.41) is 6.50. The van der Waals surface area contributed by atoms with Gasteiger partial charge in [0.15, 0.2) is 0 Å². The van der Waals surface area contributed by atoms with E-state index in [9.17, 15) is 13.0 Å². The Labute approximate surface area is 184 Å². The molecule has 6 heteroatoms. The van der Waals surface area contributed by atoms with Gasteiger partial charge in [0.05, 0.1) is 4.90 Å². The van der Waals surface area contributed by atoms with Crippen LogP contribution in [-0.4, -0.2) is 13.0 Å². The Morgan fingerprint density at radius 2 is 1.04 bits per heavy atom. The normalized spacial score (nSPS) is 8.78. The molecule has 4 nitrogen and oxygen atoms in total. The van der Waals surface area contributed by atoms with E-state index >= 15 is 0 Å². The number of hydrogen-bond acceptors (Lipinski definition) is 4. The number of nitriles is 1. The van der Waals surface area contributed by atoms with Gasteiger partial charge in [-0.1, -0.05) is 60.5 Å². The van der Waals surface area contributed by atoms with Crippen LogP contribution in [0.15, 0.2) is 53.4 Å². The first-order chi connectivity index (χ1) is 9.79. The minimum atomic E-state index is -4.27. The average molecular weight is 362 g/mol. The number of nitrogens with zero attached hydrogens (tertiary/aromatic N) is 1. The van der Waals surface area contributed by atoms with Crippen LogP contribution in [0.4, 0.5) is 0 Å². The molecular formula is C17H24KNO3S. The fourth-order valence-electron chi connectivity index (χ4n) is 1.34. The molecule has 2 aromatic rings. The molecule has 0 aromatic heterocycles. The summed E-state index contributed by atoms with van der Waals surface area (Å²) in [6.45, 7) is 9.51. The molecule has 0 unspecified atom stereocenters. The molecule has 0 N–H and O–H groups in total. The van der Waals surface area contributed by atoms with Gasteiger partial charge in [-0.15, -0.1) is 0 Å². The SMILES string of the molecule is C.C#N.Cc1ccc(C)cc1.Cc1ccc(S(=O)(=O)[O-])cc1.[HH].[K+]. The van der Waals surface area contributed by atoms with Gasteiger partial charge in [0.1, 0.15) is 10.1 Å². The Kier molecular flexibility index (Phi) is 16.5. The van der Waals surface area contributed by atoms with Crippen LogP contribution in [-0.2, 0) is 10.1 Å². The van der Waals surface area contributed by atoms with Crippen molar-refractivity contribution in [1.82, 2.24) is 0 Å². The molecule has 0 radical (unpaired) electrons. The van der Waals surface area contributed by atoms with Gasteiger partial charge < -0.3 is 4.55 Å². The molecule has 0 saturated heterocycles. The Balaban J connectivity index is -0.000000139. The first kappa shape index (κ1) is 27.3. The van der Waals surface area contributed by atoms with Gasteiger partial charge in [-0.25, -0.2) is 13.7 Å². The minimum absolute atomic E-state index is 0. The second-order valence-corrected chi connectivity index (χ2v) is 5.80. The van der Waals surface area contributed by atoms with Gasteiger partial charge in [0, 0.05) is 8.00 Å². The fourth-order valence-corrected chi connectivity index (χ4v) is 1.81. The zero-order valence-corrected chi connectivity index (χ0v) is 17.2. The minimum Gasteiger partial charge on any atom is -0.744 e. The van der Waals surface area contributed by atoms with Crippen molar-refractivity contribution in [2.45, 2.75) is 33.1 Å². The maximum atomic E-state index is 10.4. The summed E-state index contributed by atoms with van der Waals surface area (Å²) in [4.78, 5) is -0.178. The number of benzene rings is 2. The summed E-state index contributed by atoms with van der Waals surface area (Å²) in [6, 6.07) is 14.3. The molecule has 0 atom stereocenters. The molecule has 0 saturated carbocycles. The quantitative estimate of drug-likeness (QED) is 0.565. The molecule has 0 aliphatic carbocycles. The third kappa shape index (κ3) is 12.6. The molecule has 2 rings (SSSR count). The van der Waals surface area contributed by atoms with Crippen molar-refractivity contribution in [2.24, 2.45) is 0 Å². The van der Waals surface area contributed by atoms with E-state index in [1.807, 2.05) is 6.92 Å². The Morgan fingerprint density at radius 3 is 1.26 bits per heavy atom. The molecule has 0 fully saturated rings. The monoisotopic (exact) mass is 361 g/mol. The van der Waals surface area contributed by atoms with Crippen molar-refractivity contribution < 1.29 is 65.8 Å². The first-order valence-electron chi connectivity index (χ1n) is 6.11. The third-order valence-electron chi connectivity index (χ3n) is 2.53. The van der Waals surface area contributed by atoms with Crippen molar-refractivity contribution in [1.29, 1.82) is 5.26 Å². The number of aryl methyl sites for hydroxylation is 3. The van der Waals surface area contributed by atoms with E-state index in [-0.39, 0.29) is 65.1 Å². The van der Waals surface area contributed by atoms with Crippen molar-refractivity contribution in [3.63, 3.8) is 0 Å². The maximum Gasteiger partial charge on any atom is 1.00 e. The average Bonchev–Trinajstić information content (AvgIpc) is 2.44. The summed E-state index contributed by atoms with van der Waals surface area (Å²) in [5.74, 6) is 0. The smallest absolute Gasteiger partial charge is 0.744 e. The molecule has 0 amide bonds. The Morgan fingerprint density at radius 1 is 0.826 bits per heavy atom. The molecule has 0 aliphatic rings. The Bertz CT molecular complexity index is 648. The van der Waals surface area contributed by atoms with Crippen molar-refractivity contribution in [2.75, 3.05) is 0 Å². The van der Waals surface area contributed by atoms with Crippen LogP contribution in [0.25, 0.3) is 0 Å². The van der Waals surface area contributed by atoms with Crippen LogP contribution in [0.2, 0.25) is 0 Å². The fraction of sp³-hybridized carbons (Fsp3) is 0.235. The molecule has 2 aromatic carbocycles. The summed E-state index contributed by atoms with van der Waals surface area (Å²) < 4.78 is 31.2. The summed E-state index contributed by atoms with van der Waals surface area (Å²) >= 11 is 0. The predicted molar refractivity (Wildman–Crippen MR) is 90.6 cm³/mol.